The van der Waals surface area contributed by atoms with Gasteiger partial charge < -0.3 is 15.7 Å². The molecule has 8 nitrogen and oxygen atoms in total. The van der Waals surface area contributed by atoms with Crippen LogP contribution in [0.25, 0.3) is 5.82 Å². The van der Waals surface area contributed by atoms with Crippen LogP contribution < -0.4 is 10.6 Å². The summed E-state index contributed by atoms with van der Waals surface area (Å²) in [5.74, 6) is 0.197. The molecule has 0 radical (unpaired) electrons. The lowest BCUT2D eigenvalue weighted by molar-refractivity contribution is -0.136. The molecule has 0 bridgehead atoms. The van der Waals surface area contributed by atoms with Crippen LogP contribution in [0.5, 0.6) is 0 Å². The summed E-state index contributed by atoms with van der Waals surface area (Å²) < 4.78 is 1.82. The number of nitrogens with one attached hydrogen (secondary N) is 2. The van der Waals surface area contributed by atoms with Gasteiger partial charge in [0.25, 0.3) is 5.91 Å². The highest BCUT2D eigenvalue weighted by molar-refractivity contribution is 5.94. The van der Waals surface area contributed by atoms with Crippen molar-refractivity contribution in [3.8, 4) is 5.82 Å². The Kier molecular flexibility index (Phi) is 7.02. The molecule has 0 spiro atoms. The van der Waals surface area contributed by atoms with E-state index in [0.717, 1.165) is 35.6 Å². The number of pyridine rings is 1. The van der Waals surface area contributed by atoms with Gasteiger partial charge in [-0.2, -0.15) is 5.10 Å². The van der Waals surface area contributed by atoms with E-state index in [1.54, 1.807) is 12.1 Å². The molecule has 1 aliphatic carbocycles. The first-order chi connectivity index (χ1) is 16.0. The Balaban J connectivity index is 1.39. The van der Waals surface area contributed by atoms with Gasteiger partial charge in [-0.05, 0) is 55.2 Å². The van der Waals surface area contributed by atoms with E-state index in [1.165, 1.54) is 12.8 Å². The summed E-state index contributed by atoms with van der Waals surface area (Å²) in [6.45, 7) is 2.24. The zero-order chi connectivity index (χ0) is 23.2. The van der Waals surface area contributed by atoms with Crippen molar-refractivity contribution in [1.29, 1.82) is 0 Å². The number of carboxylic acids is 1. The van der Waals surface area contributed by atoms with Gasteiger partial charge in [-0.1, -0.05) is 25.5 Å². The maximum atomic E-state index is 12.2. The van der Waals surface area contributed by atoms with E-state index < -0.39 is 5.97 Å². The van der Waals surface area contributed by atoms with Crippen molar-refractivity contribution in [2.24, 2.45) is 0 Å². The van der Waals surface area contributed by atoms with Gasteiger partial charge in [0.05, 0.1) is 30.0 Å². The lowest BCUT2D eigenvalue weighted by Crippen LogP contribution is -2.26. The molecule has 3 N–H and O–H groups in total. The zero-order valence-corrected chi connectivity index (χ0v) is 18.7. The molecular formula is C25H29N5O3. The highest BCUT2D eigenvalue weighted by Gasteiger charge is 2.26. The summed E-state index contributed by atoms with van der Waals surface area (Å²) >= 11 is 0. The molecule has 1 saturated carbocycles. The lowest BCUT2D eigenvalue weighted by Gasteiger charge is -2.20. The first-order valence-corrected chi connectivity index (χ1v) is 11.4. The molecule has 2 aromatic heterocycles. The molecule has 0 aliphatic heterocycles. The van der Waals surface area contributed by atoms with Crippen molar-refractivity contribution in [1.82, 2.24) is 20.1 Å². The summed E-state index contributed by atoms with van der Waals surface area (Å²) in [6.07, 6.45) is 8.06. The quantitative estimate of drug-likeness (QED) is 0.404. The van der Waals surface area contributed by atoms with Crippen LogP contribution in [0, 0.1) is 0 Å². The van der Waals surface area contributed by atoms with Crippen LogP contribution >= 0.6 is 0 Å². The Morgan fingerprint density at radius 2 is 1.94 bits per heavy atom. The molecule has 2 heterocycles. The monoisotopic (exact) mass is 447 g/mol. The van der Waals surface area contributed by atoms with Crippen molar-refractivity contribution in [3.05, 3.63) is 71.7 Å². The first-order valence-electron chi connectivity index (χ1n) is 11.4. The zero-order valence-electron chi connectivity index (χ0n) is 18.7. The van der Waals surface area contributed by atoms with E-state index in [0.29, 0.717) is 11.5 Å². The maximum absolute atomic E-state index is 12.2. The van der Waals surface area contributed by atoms with Crippen molar-refractivity contribution in [3.63, 3.8) is 0 Å². The van der Waals surface area contributed by atoms with Gasteiger partial charge in [0.2, 0.25) is 0 Å². The number of hydrogen-bond donors (Lipinski definition) is 3. The predicted octanol–water partition coefficient (Wildman–Crippen LogP) is 4.30. The molecule has 1 unspecified atom stereocenters. The number of hydrogen-bond acceptors (Lipinski definition) is 5. The highest BCUT2D eigenvalue weighted by atomic mass is 16.4. The molecule has 1 atom stereocenters. The number of carbonyl (C=O) groups is 2. The number of aliphatic carboxylic acids is 1. The van der Waals surface area contributed by atoms with Crippen molar-refractivity contribution < 1.29 is 14.7 Å². The third kappa shape index (κ3) is 5.97. The van der Waals surface area contributed by atoms with E-state index in [4.69, 9.17) is 5.11 Å². The number of amides is 1. The molecule has 1 aromatic carbocycles. The highest BCUT2D eigenvalue weighted by Crippen LogP contribution is 2.39. The van der Waals surface area contributed by atoms with Crippen LogP contribution in [0.1, 0.15) is 72.6 Å². The summed E-state index contributed by atoms with van der Waals surface area (Å²) in [4.78, 5) is 27.4. The molecule has 1 fully saturated rings. The molecule has 172 valence electrons. The minimum atomic E-state index is -0.936. The van der Waals surface area contributed by atoms with Crippen LogP contribution in [-0.2, 0) is 4.79 Å². The van der Waals surface area contributed by atoms with Crippen molar-refractivity contribution >= 4 is 17.6 Å². The normalized spacial score (nSPS) is 14.0. The number of anilines is 1. The Hall–Kier alpha value is -3.68. The van der Waals surface area contributed by atoms with Gasteiger partial charge in [-0.3, -0.25) is 9.59 Å². The second-order valence-corrected chi connectivity index (χ2v) is 8.37. The molecule has 0 saturated heterocycles. The average molecular weight is 448 g/mol. The maximum Gasteiger partial charge on any atom is 0.305 e. The molecular weight excluding hydrogens is 418 g/mol. The SMILES string of the molecule is CCCC(Nc1ccc(-n2ccc(C3CC3)n2)nc1)c1ccc(C(=O)NCCC(=O)O)cc1. The standard InChI is InChI=1S/C25H29N5O3/c1-2-3-21(17-6-8-19(9-7-17)25(33)26-14-12-24(31)32)28-20-10-11-23(27-16-20)30-15-13-22(29-30)18-4-5-18/h6-11,13,15-16,18,21,28H,2-5,12,14H2,1H3,(H,26,33)(H,31,32). The molecule has 3 aromatic rings. The number of carbonyl (C=O) groups excluding carboxylic acids is 1. The van der Waals surface area contributed by atoms with E-state index in [-0.39, 0.29) is 24.9 Å². The van der Waals surface area contributed by atoms with Gasteiger partial charge >= 0.3 is 5.97 Å². The number of rotatable bonds is 11. The van der Waals surface area contributed by atoms with Crippen LogP contribution in [-0.4, -0.2) is 38.3 Å². The first kappa shape index (κ1) is 22.5. The largest absolute Gasteiger partial charge is 0.481 e. The summed E-state index contributed by atoms with van der Waals surface area (Å²) in [6, 6.07) is 13.5. The number of aromatic nitrogens is 3. The van der Waals surface area contributed by atoms with Crippen LogP contribution in [0.3, 0.4) is 0 Å². The fourth-order valence-corrected chi connectivity index (χ4v) is 3.73. The van der Waals surface area contributed by atoms with Gasteiger partial charge in [0, 0.05) is 24.2 Å². The Morgan fingerprint density at radius 3 is 2.58 bits per heavy atom. The van der Waals surface area contributed by atoms with Crippen molar-refractivity contribution in [2.75, 3.05) is 11.9 Å². The third-order valence-corrected chi connectivity index (χ3v) is 5.71. The smallest absolute Gasteiger partial charge is 0.305 e. The number of nitrogens with zero attached hydrogens (tertiary/aromatic N) is 3. The second-order valence-electron chi connectivity index (χ2n) is 8.37. The van der Waals surface area contributed by atoms with Crippen LogP contribution in [0.15, 0.2) is 54.9 Å². The summed E-state index contributed by atoms with van der Waals surface area (Å²) in [7, 11) is 0. The predicted molar refractivity (Wildman–Crippen MR) is 126 cm³/mol. The second kappa shape index (κ2) is 10.3. The van der Waals surface area contributed by atoms with E-state index in [1.807, 2.05) is 41.3 Å². The van der Waals surface area contributed by atoms with Crippen LogP contribution in [0.4, 0.5) is 5.69 Å². The molecule has 1 amide bonds. The molecule has 4 rings (SSSR count). The topological polar surface area (TPSA) is 109 Å². The Morgan fingerprint density at radius 1 is 1.15 bits per heavy atom. The van der Waals surface area contributed by atoms with Crippen molar-refractivity contribution in [2.45, 2.75) is 51.0 Å². The van der Waals surface area contributed by atoms with E-state index >= 15 is 0 Å². The van der Waals surface area contributed by atoms with Gasteiger partial charge in [0.1, 0.15) is 0 Å². The molecule has 33 heavy (non-hydrogen) atoms. The van der Waals surface area contributed by atoms with Crippen LogP contribution in [0.2, 0.25) is 0 Å². The number of carboxylic acid groups (broad SMARTS) is 1. The fourth-order valence-electron chi connectivity index (χ4n) is 3.73. The Bertz CT molecular complexity index is 1090. The molecule has 1 aliphatic rings. The van der Waals surface area contributed by atoms with Gasteiger partial charge in [-0.25, -0.2) is 9.67 Å². The minimum Gasteiger partial charge on any atom is -0.481 e. The fraction of sp³-hybridized carbons (Fsp3) is 0.360. The van der Waals surface area contributed by atoms with E-state index in [9.17, 15) is 9.59 Å². The van der Waals surface area contributed by atoms with Gasteiger partial charge in [-0.15, -0.1) is 0 Å². The summed E-state index contributed by atoms with van der Waals surface area (Å²) in [5, 5.41) is 19.5. The Labute approximate surface area is 193 Å². The van der Waals surface area contributed by atoms with Gasteiger partial charge in [0.15, 0.2) is 5.82 Å². The summed E-state index contributed by atoms with van der Waals surface area (Å²) in [5.41, 5.74) is 3.64. The lowest BCUT2D eigenvalue weighted by atomic mass is 10.0. The van der Waals surface area contributed by atoms with E-state index in [2.05, 4.69) is 33.7 Å². The molecule has 8 heteroatoms. The number of benzene rings is 1. The average Bonchev–Trinajstić information content (AvgIpc) is 3.55. The third-order valence-electron chi connectivity index (χ3n) is 5.71. The minimum absolute atomic E-state index is 0.0814.